The van der Waals surface area contributed by atoms with E-state index >= 15 is 0 Å². The molecule has 22 heavy (non-hydrogen) atoms. The number of nitrogens with one attached hydrogen (secondary N) is 1. The van der Waals surface area contributed by atoms with Crippen LogP contribution >= 0.6 is 0 Å². The Morgan fingerprint density at radius 3 is 2.36 bits per heavy atom. The number of alkyl halides is 3. The van der Waals surface area contributed by atoms with E-state index in [0.29, 0.717) is 19.1 Å². The standard InChI is InChI=1S/C15H20F3N3O/c1-11(2)20-6-8-21(9-7-20)14(22)19-13-5-3-4-12(10-13)15(16,17)18/h3-5,10-11H,6-9H2,1-2H3,(H,19,22). The predicted molar refractivity (Wildman–Crippen MR) is 78.7 cm³/mol. The fraction of sp³-hybridized carbons (Fsp3) is 0.533. The highest BCUT2D eigenvalue weighted by molar-refractivity contribution is 5.89. The van der Waals surface area contributed by atoms with E-state index in [0.717, 1.165) is 25.2 Å². The first-order chi connectivity index (χ1) is 10.3. The van der Waals surface area contributed by atoms with Gasteiger partial charge in [-0.05, 0) is 32.0 Å². The van der Waals surface area contributed by atoms with Crippen molar-refractivity contribution < 1.29 is 18.0 Å². The Hall–Kier alpha value is -1.76. The Morgan fingerprint density at radius 2 is 1.82 bits per heavy atom. The molecule has 0 saturated carbocycles. The van der Waals surface area contributed by atoms with Crippen LogP contribution in [0.15, 0.2) is 24.3 Å². The zero-order chi connectivity index (χ0) is 16.3. The van der Waals surface area contributed by atoms with Crippen molar-refractivity contribution in [2.45, 2.75) is 26.1 Å². The molecule has 0 aliphatic carbocycles. The molecular weight excluding hydrogens is 295 g/mol. The number of hydrogen-bond acceptors (Lipinski definition) is 2. The maximum atomic E-state index is 12.6. The van der Waals surface area contributed by atoms with Gasteiger partial charge in [0.15, 0.2) is 0 Å². The van der Waals surface area contributed by atoms with E-state index in [-0.39, 0.29) is 11.7 Å². The van der Waals surface area contributed by atoms with Crippen LogP contribution in [0.1, 0.15) is 19.4 Å². The van der Waals surface area contributed by atoms with Crippen molar-refractivity contribution in [1.82, 2.24) is 9.80 Å². The lowest BCUT2D eigenvalue weighted by Gasteiger charge is -2.36. The summed E-state index contributed by atoms with van der Waals surface area (Å²) in [6.07, 6.45) is -4.41. The lowest BCUT2D eigenvalue weighted by molar-refractivity contribution is -0.137. The van der Waals surface area contributed by atoms with Gasteiger partial charge in [0.2, 0.25) is 0 Å². The van der Waals surface area contributed by atoms with Crippen LogP contribution in [-0.2, 0) is 6.18 Å². The third-order valence-corrected chi connectivity index (χ3v) is 3.77. The molecule has 2 amide bonds. The molecule has 1 aliphatic heterocycles. The molecule has 0 radical (unpaired) electrons. The first kappa shape index (κ1) is 16.6. The third-order valence-electron chi connectivity index (χ3n) is 3.77. The fourth-order valence-corrected chi connectivity index (χ4v) is 2.42. The molecule has 0 spiro atoms. The van der Waals surface area contributed by atoms with Crippen molar-refractivity contribution in [1.29, 1.82) is 0 Å². The monoisotopic (exact) mass is 315 g/mol. The van der Waals surface area contributed by atoms with E-state index in [1.54, 1.807) is 4.90 Å². The van der Waals surface area contributed by atoms with Gasteiger partial charge >= 0.3 is 12.2 Å². The number of carbonyl (C=O) groups is 1. The van der Waals surface area contributed by atoms with E-state index in [1.165, 1.54) is 12.1 Å². The van der Waals surface area contributed by atoms with Crippen LogP contribution in [0.25, 0.3) is 0 Å². The third kappa shape index (κ3) is 4.13. The summed E-state index contributed by atoms with van der Waals surface area (Å²) in [6.45, 7) is 6.88. The molecule has 0 aromatic heterocycles. The van der Waals surface area contributed by atoms with Crippen molar-refractivity contribution in [3.63, 3.8) is 0 Å². The summed E-state index contributed by atoms with van der Waals surface area (Å²) >= 11 is 0. The molecule has 1 heterocycles. The van der Waals surface area contributed by atoms with Crippen molar-refractivity contribution in [2.75, 3.05) is 31.5 Å². The Kier molecular flexibility index (Phi) is 4.95. The quantitative estimate of drug-likeness (QED) is 0.909. The molecule has 4 nitrogen and oxygen atoms in total. The smallest absolute Gasteiger partial charge is 0.322 e. The van der Waals surface area contributed by atoms with E-state index in [2.05, 4.69) is 24.1 Å². The number of nitrogens with zero attached hydrogens (tertiary/aromatic N) is 2. The molecule has 1 N–H and O–H groups in total. The molecule has 0 unspecified atom stereocenters. The molecule has 0 atom stereocenters. The zero-order valence-electron chi connectivity index (χ0n) is 12.7. The van der Waals surface area contributed by atoms with Gasteiger partial charge in [0, 0.05) is 37.9 Å². The SMILES string of the molecule is CC(C)N1CCN(C(=O)Nc2cccc(C(F)(F)F)c2)CC1. The average Bonchev–Trinajstić information content (AvgIpc) is 2.46. The minimum atomic E-state index is -4.41. The van der Waals surface area contributed by atoms with Gasteiger partial charge in [-0.2, -0.15) is 13.2 Å². The van der Waals surface area contributed by atoms with Crippen molar-refractivity contribution in [3.8, 4) is 0 Å². The summed E-state index contributed by atoms with van der Waals surface area (Å²) < 4.78 is 37.9. The first-order valence-corrected chi connectivity index (χ1v) is 7.24. The van der Waals surface area contributed by atoms with Gasteiger partial charge in [-0.1, -0.05) is 6.07 Å². The molecule has 0 bridgehead atoms. The van der Waals surface area contributed by atoms with Crippen LogP contribution in [-0.4, -0.2) is 48.1 Å². The number of piperazine rings is 1. The highest BCUT2D eigenvalue weighted by Gasteiger charge is 2.30. The van der Waals surface area contributed by atoms with Gasteiger partial charge in [0.25, 0.3) is 0 Å². The number of carbonyl (C=O) groups excluding carboxylic acids is 1. The highest BCUT2D eigenvalue weighted by atomic mass is 19.4. The number of benzene rings is 1. The van der Waals surface area contributed by atoms with Crippen molar-refractivity contribution in [3.05, 3.63) is 29.8 Å². The molecule has 1 saturated heterocycles. The van der Waals surface area contributed by atoms with Gasteiger partial charge in [0.1, 0.15) is 0 Å². The second kappa shape index (κ2) is 6.56. The van der Waals surface area contributed by atoms with Crippen molar-refractivity contribution in [2.24, 2.45) is 0 Å². The minimum absolute atomic E-state index is 0.158. The molecule has 1 aromatic rings. The van der Waals surface area contributed by atoms with Crippen LogP contribution in [0.2, 0.25) is 0 Å². The van der Waals surface area contributed by atoms with Gasteiger partial charge in [-0.25, -0.2) is 4.79 Å². The summed E-state index contributed by atoms with van der Waals surface area (Å²) in [4.78, 5) is 16.0. The lowest BCUT2D eigenvalue weighted by Crippen LogP contribution is -2.51. The maximum absolute atomic E-state index is 12.6. The second-order valence-corrected chi connectivity index (χ2v) is 5.63. The van der Waals surface area contributed by atoms with Crippen LogP contribution in [0.4, 0.5) is 23.7 Å². The van der Waals surface area contributed by atoms with E-state index < -0.39 is 11.7 Å². The molecule has 122 valence electrons. The number of hydrogen-bond donors (Lipinski definition) is 1. The predicted octanol–water partition coefficient (Wildman–Crippen LogP) is 3.26. The summed E-state index contributed by atoms with van der Waals surface area (Å²) in [5.74, 6) is 0. The molecule has 1 aromatic carbocycles. The minimum Gasteiger partial charge on any atom is -0.322 e. The number of halogens is 3. The van der Waals surface area contributed by atoms with E-state index in [4.69, 9.17) is 0 Å². The normalized spacial score (nSPS) is 16.9. The Balaban J connectivity index is 1.96. The topological polar surface area (TPSA) is 35.6 Å². The Morgan fingerprint density at radius 1 is 1.18 bits per heavy atom. The number of anilines is 1. The van der Waals surface area contributed by atoms with Crippen molar-refractivity contribution >= 4 is 11.7 Å². The number of amides is 2. The summed E-state index contributed by atoms with van der Waals surface area (Å²) in [6, 6.07) is 4.74. The molecule has 7 heteroatoms. The first-order valence-electron chi connectivity index (χ1n) is 7.24. The van der Waals surface area contributed by atoms with Gasteiger partial charge < -0.3 is 10.2 Å². The van der Waals surface area contributed by atoms with Crippen LogP contribution < -0.4 is 5.32 Å². The summed E-state index contributed by atoms with van der Waals surface area (Å²) in [7, 11) is 0. The number of urea groups is 1. The van der Waals surface area contributed by atoms with Crippen LogP contribution in [0.3, 0.4) is 0 Å². The summed E-state index contributed by atoms with van der Waals surface area (Å²) in [5.41, 5.74) is -0.610. The van der Waals surface area contributed by atoms with E-state index in [9.17, 15) is 18.0 Å². The Bertz CT molecular complexity index is 523. The molecule has 1 aliphatic rings. The van der Waals surface area contributed by atoms with Gasteiger partial charge in [0.05, 0.1) is 5.56 Å². The van der Waals surface area contributed by atoms with E-state index in [1.807, 2.05) is 0 Å². The molecule has 1 fully saturated rings. The average molecular weight is 315 g/mol. The zero-order valence-corrected chi connectivity index (χ0v) is 12.7. The van der Waals surface area contributed by atoms with Gasteiger partial charge in [-0.15, -0.1) is 0 Å². The second-order valence-electron chi connectivity index (χ2n) is 5.63. The number of rotatable bonds is 2. The Labute approximate surface area is 127 Å². The van der Waals surface area contributed by atoms with Crippen LogP contribution in [0.5, 0.6) is 0 Å². The largest absolute Gasteiger partial charge is 0.416 e. The highest BCUT2D eigenvalue weighted by Crippen LogP contribution is 2.30. The fourth-order valence-electron chi connectivity index (χ4n) is 2.42. The lowest BCUT2D eigenvalue weighted by atomic mass is 10.2. The molecule has 2 rings (SSSR count). The van der Waals surface area contributed by atoms with Gasteiger partial charge in [-0.3, -0.25) is 4.90 Å². The summed E-state index contributed by atoms with van der Waals surface area (Å²) in [5, 5.41) is 2.54. The van der Waals surface area contributed by atoms with Crippen LogP contribution in [0, 0.1) is 0 Å². The molecular formula is C15H20F3N3O. The maximum Gasteiger partial charge on any atom is 0.416 e.